The Morgan fingerprint density at radius 1 is 0.720 bits per heavy atom. The molecule has 3 aromatic carbocycles. The summed E-state index contributed by atoms with van der Waals surface area (Å²) in [6.07, 6.45) is 0. The molecule has 0 spiro atoms. The monoisotopic (exact) mass is 343 g/mol. The molecule has 124 valence electrons. The van der Waals surface area contributed by atoms with Crippen LogP contribution in [0.3, 0.4) is 0 Å². The second kappa shape index (κ2) is 4.86. The second-order valence-electron chi connectivity index (χ2n) is 7.95. The number of thiophene rings is 1. The van der Waals surface area contributed by atoms with E-state index in [2.05, 4.69) is 87.0 Å². The Morgan fingerprint density at radius 2 is 1.44 bits per heavy atom. The SMILES string of the molecule is Cn1c2ccccc2c2c3sc4c(C(C)(C)C)cccc4c3ccc21. The van der Waals surface area contributed by atoms with Crippen molar-refractivity contribution >= 4 is 53.3 Å². The fraction of sp³-hybridized carbons (Fsp3) is 0.217. The summed E-state index contributed by atoms with van der Waals surface area (Å²) in [5, 5.41) is 5.53. The van der Waals surface area contributed by atoms with E-state index in [4.69, 9.17) is 0 Å². The van der Waals surface area contributed by atoms with Gasteiger partial charge in [0.05, 0.1) is 5.52 Å². The van der Waals surface area contributed by atoms with Gasteiger partial charge in [-0.3, -0.25) is 0 Å². The summed E-state index contributed by atoms with van der Waals surface area (Å²) in [5.41, 5.74) is 4.22. The number of aryl methyl sites for hydroxylation is 1. The van der Waals surface area contributed by atoms with Crippen LogP contribution >= 0.6 is 11.3 Å². The Bertz CT molecular complexity index is 1280. The summed E-state index contributed by atoms with van der Waals surface area (Å²) >= 11 is 1.96. The van der Waals surface area contributed by atoms with E-state index in [0.717, 1.165) is 0 Å². The zero-order valence-corrected chi connectivity index (χ0v) is 15.9. The summed E-state index contributed by atoms with van der Waals surface area (Å²) in [5.74, 6) is 0. The fourth-order valence-corrected chi connectivity index (χ4v) is 5.67. The minimum atomic E-state index is 0.151. The number of nitrogens with zero attached hydrogens (tertiary/aromatic N) is 1. The van der Waals surface area contributed by atoms with E-state index in [9.17, 15) is 0 Å². The Kier molecular flexibility index (Phi) is 2.91. The van der Waals surface area contributed by atoms with E-state index in [1.54, 1.807) is 0 Å². The molecule has 0 aliphatic heterocycles. The average molecular weight is 343 g/mol. The largest absolute Gasteiger partial charge is 0.344 e. The van der Waals surface area contributed by atoms with Gasteiger partial charge < -0.3 is 4.57 Å². The standard InChI is InChI=1S/C23H21NS/c1-23(2,3)17-10-7-9-14-15-12-13-19-20(22(15)25-21(14)17)16-8-5-6-11-18(16)24(19)4/h5-13H,1-4H3. The second-order valence-corrected chi connectivity index (χ2v) is 8.97. The average Bonchev–Trinajstić information content (AvgIpc) is 3.10. The highest BCUT2D eigenvalue weighted by Gasteiger charge is 2.21. The molecular weight excluding hydrogens is 322 g/mol. The number of hydrogen-bond donors (Lipinski definition) is 0. The summed E-state index contributed by atoms with van der Waals surface area (Å²) in [4.78, 5) is 0. The predicted octanol–water partition coefficient (Wildman–Crippen LogP) is 7.00. The van der Waals surface area contributed by atoms with Gasteiger partial charge in [0.1, 0.15) is 0 Å². The molecule has 2 heterocycles. The van der Waals surface area contributed by atoms with Gasteiger partial charge in [0.15, 0.2) is 0 Å². The van der Waals surface area contributed by atoms with Crippen LogP contribution in [0.1, 0.15) is 26.3 Å². The van der Waals surface area contributed by atoms with Crippen molar-refractivity contribution in [2.24, 2.45) is 7.05 Å². The molecule has 5 rings (SSSR count). The Labute approximate surface area is 151 Å². The van der Waals surface area contributed by atoms with Crippen LogP contribution in [0, 0.1) is 0 Å². The van der Waals surface area contributed by atoms with Crippen LogP contribution in [0.15, 0.2) is 54.6 Å². The zero-order chi connectivity index (χ0) is 17.3. The topological polar surface area (TPSA) is 4.93 Å². The first-order valence-electron chi connectivity index (χ1n) is 8.78. The smallest absolute Gasteiger partial charge is 0.0503 e. The number of fused-ring (bicyclic) bond motifs is 7. The summed E-state index contributed by atoms with van der Waals surface area (Å²) in [7, 11) is 2.17. The third-order valence-corrected chi connectivity index (χ3v) is 6.62. The van der Waals surface area contributed by atoms with Crippen molar-refractivity contribution < 1.29 is 0 Å². The lowest BCUT2D eigenvalue weighted by Crippen LogP contribution is -2.10. The molecule has 1 nitrogen and oxygen atoms in total. The van der Waals surface area contributed by atoms with Crippen LogP contribution in [-0.4, -0.2) is 4.57 Å². The van der Waals surface area contributed by atoms with E-state index in [1.165, 1.54) is 47.5 Å². The van der Waals surface area contributed by atoms with Crippen LogP contribution in [0.2, 0.25) is 0 Å². The van der Waals surface area contributed by atoms with Gasteiger partial charge >= 0.3 is 0 Å². The molecular formula is C23H21NS. The van der Waals surface area contributed by atoms with Gasteiger partial charge in [0.25, 0.3) is 0 Å². The van der Waals surface area contributed by atoms with E-state index >= 15 is 0 Å². The maximum absolute atomic E-state index is 2.32. The molecule has 2 heteroatoms. The van der Waals surface area contributed by atoms with Crippen molar-refractivity contribution in [3.05, 3.63) is 60.2 Å². The Morgan fingerprint density at radius 3 is 2.24 bits per heavy atom. The molecule has 0 aliphatic carbocycles. The number of hydrogen-bond acceptors (Lipinski definition) is 1. The molecule has 0 saturated carbocycles. The minimum absolute atomic E-state index is 0.151. The number of para-hydroxylation sites is 1. The van der Waals surface area contributed by atoms with Gasteiger partial charge in [-0.1, -0.05) is 63.2 Å². The molecule has 0 fully saturated rings. The normalized spacial score (nSPS) is 12.8. The van der Waals surface area contributed by atoms with Gasteiger partial charge in [0.2, 0.25) is 0 Å². The fourth-order valence-electron chi connectivity index (χ4n) is 4.09. The molecule has 0 radical (unpaired) electrons. The van der Waals surface area contributed by atoms with Crippen molar-refractivity contribution in [2.75, 3.05) is 0 Å². The van der Waals surface area contributed by atoms with E-state index in [-0.39, 0.29) is 5.41 Å². The van der Waals surface area contributed by atoms with Crippen molar-refractivity contribution in [2.45, 2.75) is 26.2 Å². The predicted molar refractivity (Wildman–Crippen MR) is 112 cm³/mol. The van der Waals surface area contributed by atoms with Crippen LogP contribution in [0.5, 0.6) is 0 Å². The van der Waals surface area contributed by atoms with Gasteiger partial charge in [0, 0.05) is 43.5 Å². The molecule has 0 N–H and O–H groups in total. The van der Waals surface area contributed by atoms with E-state index in [1.807, 2.05) is 11.3 Å². The molecule has 0 bridgehead atoms. The molecule has 25 heavy (non-hydrogen) atoms. The molecule has 5 aromatic rings. The number of benzene rings is 3. The molecule has 0 unspecified atom stereocenters. The third-order valence-electron chi connectivity index (χ3n) is 5.35. The van der Waals surface area contributed by atoms with Crippen molar-refractivity contribution in [1.82, 2.24) is 4.57 Å². The highest BCUT2D eigenvalue weighted by Crippen LogP contribution is 2.44. The van der Waals surface area contributed by atoms with Crippen LogP contribution in [0.25, 0.3) is 42.0 Å². The lowest BCUT2D eigenvalue weighted by Gasteiger charge is -2.19. The van der Waals surface area contributed by atoms with E-state index < -0.39 is 0 Å². The van der Waals surface area contributed by atoms with Crippen molar-refractivity contribution in [3.63, 3.8) is 0 Å². The minimum Gasteiger partial charge on any atom is -0.344 e. The Balaban J connectivity index is 2.05. The first-order valence-corrected chi connectivity index (χ1v) is 9.60. The van der Waals surface area contributed by atoms with Gasteiger partial charge in [-0.15, -0.1) is 11.3 Å². The quantitative estimate of drug-likeness (QED) is 0.285. The summed E-state index contributed by atoms with van der Waals surface area (Å²) in [6.45, 7) is 6.92. The van der Waals surface area contributed by atoms with Gasteiger partial charge in [-0.25, -0.2) is 0 Å². The summed E-state index contributed by atoms with van der Waals surface area (Å²) in [6, 6.07) is 20.1. The van der Waals surface area contributed by atoms with Gasteiger partial charge in [-0.05, 0) is 23.1 Å². The number of rotatable bonds is 0. The van der Waals surface area contributed by atoms with Crippen molar-refractivity contribution in [3.8, 4) is 0 Å². The molecule has 0 atom stereocenters. The molecule has 2 aromatic heterocycles. The number of aromatic nitrogens is 1. The maximum Gasteiger partial charge on any atom is 0.0503 e. The lowest BCUT2D eigenvalue weighted by atomic mass is 9.86. The third kappa shape index (κ3) is 1.95. The summed E-state index contributed by atoms with van der Waals surface area (Å²) < 4.78 is 5.17. The molecule has 0 aliphatic rings. The van der Waals surface area contributed by atoms with Crippen LogP contribution in [0.4, 0.5) is 0 Å². The molecule has 0 saturated heterocycles. The highest BCUT2D eigenvalue weighted by atomic mass is 32.1. The highest BCUT2D eigenvalue weighted by molar-refractivity contribution is 7.27. The van der Waals surface area contributed by atoms with Crippen LogP contribution in [-0.2, 0) is 12.5 Å². The lowest BCUT2D eigenvalue weighted by molar-refractivity contribution is 0.597. The van der Waals surface area contributed by atoms with Gasteiger partial charge in [-0.2, -0.15) is 0 Å². The van der Waals surface area contributed by atoms with Crippen molar-refractivity contribution in [1.29, 1.82) is 0 Å². The first kappa shape index (κ1) is 15.0. The molecule has 0 amide bonds. The maximum atomic E-state index is 2.32. The Hall–Kier alpha value is -2.32. The van der Waals surface area contributed by atoms with E-state index in [0.29, 0.717) is 0 Å². The first-order chi connectivity index (χ1) is 12.0. The zero-order valence-electron chi connectivity index (χ0n) is 15.1. The van der Waals surface area contributed by atoms with Crippen LogP contribution < -0.4 is 0 Å².